The quantitative estimate of drug-likeness (QED) is 0.265. The monoisotopic (exact) mass is 602 g/mol. The number of fused-ring (bicyclic) bond motifs is 2. The van der Waals surface area contributed by atoms with Gasteiger partial charge in [0.15, 0.2) is 0 Å². The van der Waals surface area contributed by atoms with Gasteiger partial charge in [-0.05, 0) is 66.1 Å². The number of ether oxygens (including phenoxy) is 1. The Kier molecular flexibility index (Phi) is 7.14. The molecule has 37 heavy (non-hydrogen) atoms. The van der Waals surface area contributed by atoms with E-state index in [1.165, 1.54) is 0 Å². The molecule has 8 heteroatoms. The average molecular weight is 604 g/mol. The van der Waals surface area contributed by atoms with E-state index >= 15 is 0 Å². The van der Waals surface area contributed by atoms with Crippen molar-refractivity contribution in [2.24, 2.45) is 5.41 Å². The van der Waals surface area contributed by atoms with Gasteiger partial charge in [0.05, 0.1) is 11.7 Å². The lowest BCUT2D eigenvalue weighted by Crippen LogP contribution is -2.66. The van der Waals surface area contributed by atoms with Crippen LogP contribution in [0.15, 0.2) is 46.9 Å². The third-order valence-electron chi connectivity index (χ3n) is 8.67. The summed E-state index contributed by atoms with van der Waals surface area (Å²) in [5.74, 6) is -0.312. The molecule has 198 valence electrons. The normalized spacial score (nSPS) is 26.4. The van der Waals surface area contributed by atoms with Crippen LogP contribution in [0.2, 0.25) is 30.7 Å². The van der Waals surface area contributed by atoms with E-state index < -0.39 is 13.5 Å². The second kappa shape index (κ2) is 9.81. The number of benzene rings is 2. The zero-order chi connectivity index (χ0) is 26.6. The fraction of sp³-hybridized carbons (Fsp3) is 0.517. The van der Waals surface area contributed by atoms with Gasteiger partial charge in [-0.1, -0.05) is 72.3 Å². The van der Waals surface area contributed by atoms with E-state index in [1.807, 2.05) is 41.3 Å². The molecule has 2 aliphatic heterocycles. The maximum Gasteiger partial charge on any atom is 0.242 e. The molecule has 2 amide bonds. The molecule has 1 aliphatic carbocycles. The van der Waals surface area contributed by atoms with Gasteiger partial charge in [-0.25, -0.2) is 0 Å². The average Bonchev–Trinajstić information content (AvgIpc) is 3.60. The van der Waals surface area contributed by atoms with E-state index in [0.717, 1.165) is 46.6 Å². The Morgan fingerprint density at radius 1 is 1.16 bits per heavy atom. The number of nitrogens with zero attached hydrogens (tertiary/aromatic N) is 1. The first-order valence-corrected chi connectivity index (χ1v) is 18.1. The van der Waals surface area contributed by atoms with E-state index in [1.54, 1.807) is 0 Å². The van der Waals surface area contributed by atoms with Gasteiger partial charge in [0.1, 0.15) is 12.1 Å². The second-order valence-corrected chi connectivity index (χ2v) is 19.1. The molecule has 2 aromatic rings. The molecular weight excluding hydrogens is 568 g/mol. The highest BCUT2D eigenvalue weighted by molar-refractivity contribution is 9.10. The number of rotatable bonds is 8. The van der Waals surface area contributed by atoms with Gasteiger partial charge < -0.3 is 10.1 Å². The number of carbonyl (C=O) groups is 2. The SMILES string of the molecule is CCC1([C@H]2NC(=O)C[C@@H](c3cccc(Cl)c3)[C@]23C(=O)N(COCC[Si](C)(C)C)c2cc(Br)ccc23)CC1. The van der Waals surface area contributed by atoms with E-state index in [9.17, 15) is 9.59 Å². The minimum absolute atomic E-state index is 0.00313. The van der Waals surface area contributed by atoms with Gasteiger partial charge >= 0.3 is 0 Å². The summed E-state index contributed by atoms with van der Waals surface area (Å²) in [6.07, 6.45) is 3.16. The minimum atomic E-state index is -1.27. The highest BCUT2D eigenvalue weighted by atomic mass is 79.9. The number of hydrogen-bond acceptors (Lipinski definition) is 3. The third kappa shape index (κ3) is 4.70. The van der Waals surface area contributed by atoms with E-state index in [4.69, 9.17) is 16.3 Å². The molecule has 5 nitrogen and oxygen atoms in total. The van der Waals surface area contributed by atoms with E-state index in [-0.39, 0.29) is 42.3 Å². The number of nitrogens with one attached hydrogen (secondary N) is 1. The van der Waals surface area contributed by atoms with Crippen LogP contribution in [0.5, 0.6) is 0 Å². The topological polar surface area (TPSA) is 58.6 Å². The Hall–Kier alpha value is -1.67. The molecule has 3 aliphatic rings. The van der Waals surface area contributed by atoms with Crippen molar-refractivity contribution in [3.05, 3.63) is 63.1 Å². The van der Waals surface area contributed by atoms with Crippen molar-refractivity contribution < 1.29 is 14.3 Å². The van der Waals surface area contributed by atoms with Crippen LogP contribution in [-0.4, -0.2) is 39.3 Å². The smallest absolute Gasteiger partial charge is 0.242 e. The highest BCUT2D eigenvalue weighted by Crippen LogP contribution is 2.64. The van der Waals surface area contributed by atoms with Crippen LogP contribution >= 0.6 is 27.5 Å². The number of amides is 2. The van der Waals surface area contributed by atoms with Crippen molar-refractivity contribution in [2.45, 2.75) is 75.7 Å². The van der Waals surface area contributed by atoms with Crippen molar-refractivity contribution in [1.29, 1.82) is 0 Å². The number of piperidine rings is 1. The molecule has 0 unspecified atom stereocenters. The van der Waals surface area contributed by atoms with Gasteiger partial charge in [-0.15, -0.1) is 0 Å². The lowest BCUT2D eigenvalue weighted by molar-refractivity contribution is -0.134. The van der Waals surface area contributed by atoms with Crippen LogP contribution in [0.25, 0.3) is 0 Å². The Morgan fingerprint density at radius 2 is 1.92 bits per heavy atom. The predicted molar refractivity (Wildman–Crippen MR) is 155 cm³/mol. The molecule has 1 N–H and O–H groups in total. The summed E-state index contributed by atoms with van der Waals surface area (Å²) in [7, 11) is -1.27. The highest BCUT2D eigenvalue weighted by Gasteiger charge is 2.69. The van der Waals surface area contributed by atoms with Gasteiger partial charge in [0.2, 0.25) is 11.8 Å². The minimum Gasteiger partial charge on any atom is -0.361 e. The van der Waals surface area contributed by atoms with Crippen molar-refractivity contribution in [2.75, 3.05) is 18.2 Å². The molecule has 1 spiro atoms. The summed E-state index contributed by atoms with van der Waals surface area (Å²) < 4.78 is 7.07. The summed E-state index contributed by atoms with van der Waals surface area (Å²) >= 11 is 10.1. The number of hydrogen-bond donors (Lipinski definition) is 1. The van der Waals surface area contributed by atoms with Crippen molar-refractivity contribution in [3.63, 3.8) is 0 Å². The second-order valence-electron chi connectivity index (χ2n) is 12.1. The molecule has 5 rings (SSSR count). The first-order chi connectivity index (χ1) is 17.5. The lowest BCUT2D eigenvalue weighted by atomic mass is 9.57. The maximum absolute atomic E-state index is 14.9. The molecule has 2 heterocycles. The molecule has 0 aromatic heterocycles. The molecule has 2 fully saturated rings. The van der Waals surface area contributed by atoms with Crippen LogP contribution in [0.3, 0.4) is 0 Å². The predicted octanol–water partition coefficient (Wildman–Crippen LogP) is 6.86. The fourth-order valence-electron chi connectivity index (χ4n) is 6.43. The standard InChI is InChI=1S/C29H36BrClN2O3Si/c1-5-28(11-12-28)26-29(23(17-25(34)32-26)19-7-6-8-21(31)15-19)22-10-9-20(30)16-24(22)33(27(29)35)18-36-13-14-37(2,3)4/h6-10,15-16,23,26H,5,11-14,17-18H2,1-4H3,(H,32,34)/t23-,26+,29-/m0/s1. The maximum atomic E-state index is 14.9. The van der Waals surface area contributed by atoms with Crippen molar-refractivity contribution in [1.82, 2.24) is 5.32 Å². The van der Waals surface area contributed by atoms with Crippen molar-refractivity contribution in [3.8, 4) is 0 Å². The zero-order valence-corrected chi connectivity index (χ0v) is 25.4. The Labute approximate surface area is 234 Å². The van der Waals surface area contributed by atoms with Gasteiger partial charge in [-0.2, -0.15) is 0 Å². The van der Waals surface area contributed by atoms with E-state index in [0.29, 0.717) is 11.6 Å². The number of carbonyl (C=O) groups excluding carboxylic acids is 2. The Bertz CT molecular complexity index is 1230. The number of anilines is 1. The van der Waals surface area contributed by atoms with Gasteiger partial charge in [0, 0.05) is 36.5 Å². The number of halogens is 2. The van der Waals surface area contributed by atoms with E-state index in [2.05, 4.69) is 53.9 Å². The molecule has 2 aromatic carbocycles. The summed E-state index contributed by atoms with van der Waals surface area (Å²) in [4.78, 5) is 29.9. The molecule has 1 saturated heterocycles. The Balaban J connectivity index is 1.65. The molecule has 0 radical (unpaired) electrons. The summed E-state index contributed by atoms with van der Waals surface area (Å²) in [5, 5.41) is 3.96. The molecule has 0 bridgehead atoms. The first-order valence-electron chi connectivity index (χ1n) is 13.3. The molecular formula is C29H36BrClN2O3Si. The first kappa shape index (κ1) is 26.9. The van der Waals surface area contributed by atoms with Crippen LogP contribution in [0.4, 0.5) is 5.69 Å². The lowest BCUT2D eigenvalue weighted by Gasteiger charge is -2.50. The zero-order valence-electron chi connectivity index (χ0n) is 22.1. The van der Waals surface area contributed by atoms with Gasteiger partial charge in [0.25, 0.3) is 0 Å². The Morgan fingerprint density at radius 3 is 2.57 bits per heavy atom. The van der Waals surface area contributed by atoms with Crippen molar-refractivity contribution >= 4 is 53.1 Å². The van der Waals surface area contributed by atoms with Crippen LogP contribution in [0, 0.1) is 5.41 Å². The fourth-order valence-corrected chi connectivity index (χ4v) is 7.74. The molecule has 1 saturated carbocycles. The summed E-state index contributed by atoms with van der Waals surface area (Å²) in [6, 6.07) is 14.5. The van der Waals surface area contributed by atoms with Crippen LogP contribution < -0.4 is 10.2 Å². The summed E-state index contributed by atoms with van der Waals surface area (Å²) in [5.41, 5.74) is 1.75. The van der Waals surface area contributed by atoms with Crippen LogP contribution in [0.1, 0.15) is 49.7 Å². The molecule has 3 atom stereocenters. The van der Waals surface area contributed by atoms with Gasteiger partial charge in [-0.3, -0.25) is 14.5 Å². The largest absolute Gasteiger partial charge is 0.361 e. The summed E-state index contributed by atoms with van der Waals surface area (Å²) in [6.45, 7) is 9.98. The van der Waals surface area contributed by atoms with Crippen LogP contribution in [-0.2, 0) is 19.7 Å². The third-order valence-corrected chi connectivity index (χ3v) is 11.1.